The molecule has 0 saturated carbocycles. The van der Waals surface area contributed by atoms with E-state index in [2.05, 4.69) is 54.8 Å². The van der Waals surface area contributed by atoms with Gasteiger partial charge in [-0.15, -0.1) is 0 Å². The number of phosphoric acid groups is 1. The number of rotatable bonds is 40. The Bertz CT molecular complexity index is 1050. The summed E-state index contributed by atoms with van der Waals surface area (Å²) in [4.78, 5) is 43.1. The number of hydrogen-bond donors (Lipinski definition) is 2. The van der Waals surface area contributed by atoms with Gasteiger partial charge in [-0.1, -0.05) is 179 Å². The van der Waals surface area contributed by atoms with Crippen LogP contribution in [0.25, 0.3) is 0 Å². The van der Waals surface area contributed by atoms with Gasteiger partial charge in [0.1, 0.15) is 6.61 Å². The second-order valence-electron chi connectivity index (χ2n) is 15.4. The third kappa shape index (κ3) is 36.3. The van der Waals surface area contributed by atoms with Crippen molar-refractivity contribution >= 4 is 19.8 Å². The summed E-state index contributed by atoms with van der Waals surface area (Å²) >= 11 is 0. The Morgan fingerprint density at radius 3 is 1.60 bits per heavy atom. The van der Waals surface area contributed by atoms with E-state index in [0.717, 1.165) is 44.9 Å². The van der Waals surface area contributed by atoms with Crippen LogP contribution in [-0.4, -0.2) is 53.3 Å². The summed E-state index contributed by atoms with van der Waals surface area (Å²) in [5.74, 6) is -0.953. The molecule has 1 saturated heterocycles. The highest BCUT2D eigenvalue weighted by atomic mass is 31.2. The first kappa shape index (κ1) is 51.2. The first-order valence-corrected chi connectivity index (χ1v) is 23.9. The van der Waals surface area contributed by atoms with Crippen LogP contribution >= 0.6 is 7.82 Å². The van der Waals surface area contributed by atoms with Gasteiger partial charge in [-0.3, -0.25) is 14.1 Å². The van der Waals surface area contributed by atoms with Crippen LogP contribution in [0.1, 0.15) is 206 Å². The molecule has 1 heterocycles. The van der Waals surface area contributed by atoms with Crippen LogP contribution in [-0.2, 0) is 32.9 Å². The SMILES string of the molecule is CCCCC/C=C\C/C=C\C/C=C\CC1OC1CCCC(=O)OC[C@H](COP(=O)(O)O)OC(=O)CCCCCCCCCCCCCCCCCCCCC. The number of unbranched alkanes of at least 4 members (excludes halogenated alkanes) is 21. The molecule has 2 unspecified atom stereocenters. The molecule has 0 radical (unpaired) electrons. The summed E-state index contributed by atoms with van der Waals surface area (Å²) in [6.07, 6.45) is 46.0. The summed E-state index contributed by atoms with van der Waals surface area (Å²) in [5.41, 5.74) is 0. The van der Waals surface area contributed by atoms with Crippen LogP contribution in [0.3, 0.4) is 0 Å². The largest absolute Gasteiger partial charge is 0.469 e. The van der Waals surface area contributed by atoms with Crippen molar-refractivity contribution in [1.29, 1.82) is 0 Å². The molecule has 2 N–H and O–H groups in total. The van der Waals surface area contributed by atoms with E-state index >= 15 is 0 Å². The molecular formula is C45H81O9P. The number of carbonyl (C=O) groups is 2. The van der Waals surface area contributed by atoms with Gasteiger partial charge in [0.05, 0.1) is 18.8 Å². The lowest BCUT2D eigenvalue weighted by atomic mass is 10.0. The van der Waals surface area contributed by atoms with E-state index in [1.54, 1.807) is 0 Å². The number of esters is 2. The fourth-order valence-electron chi connectivity index (χ4n) is 6.64. The molecule has 9 nitrogen and oxygen atoms in total. The summed E-state index contributed by atoms with van der Waals surface area (Å²) < 4.78 is 32.2. The maximum atomic E-state index is 12.5. The molecule has 320 valence electrons. The van der Waals surface area contributed by atoms with Crippen molar-refractivity contribution in [1.82, 2.24) is 0 Å². The summed E-state index contributed by atoms with van der Waals surface area (Å²) in [6.45, 7) is 3.61. The minimum Gasteiger partial charge on any atom is -0.462 e. The van der Waals surface area contributed by atoms with Crippen LogP contribution in [0.2, 0.25) is 0 Å². The van der Waals surface area contributed by atoms with Gasteiger partial charge in [-0.05, 0) is 51.4 Å². The topological polar surface area (TPSA) is 132 Å². The molecule has 0 aromatic rings. The van der Waals surface area contributed by atoms with Crippen molar-refractivity contribution in [3.8, 4) is 0 Å². The molecule has 1 fully saturated rings. The number of allylic oxidation sites excluding steroid dienone is 5. The highest BCUT2D eigenvalue weighted by Crippen LogP contribution is 2.36. The van der Waals surface area contributed by atoms with E-state index in [9.17, 15) is 14.2 Å². The van der Waals surface area contributed by atoms with Crippen molar-refractivity contribution in [2.24, 2.45) is 0 Å². The molecular weight excluding hydrogens is 715 g/mol. The Kier molecular flexibility index (Phi) is 34.1. The van der Waals surface area contributed by atoms with Crippen LogP contribution in [0.4, 0.5) is 0 Å². The zero-order valence-electron chi connectivity index (χ0n) is 35.0. The lowest BCUT2D eigenvalue weighted by Gasteiger charge is -2.18. The normalized spacial score (nSPS) is 16.4. The number of hydrogen-bond acceptors (Lipinski definition) is 7. The van der Waals surface area contributed by atoms with Crippen molar-refractivity contribution in [2.45, 2.75) is 225 Å². The number of ether oxygens (including phenoxy) is 3. The standard InChI is InChI=1S/C45H81O9P/c1-3-5-7-9-11-13-15-17-18-19-20-21-22-23-25-27-29-31-33-37-45(47)53-41(40-52-55(48,49)50)39-51-44(46)38-34-36-43-42(54-43)35-32-30-28-26-24-16-14-12-10-8-6-4-2/h12,14,24,26,30,32,41-43H,3-11,13,15-23,25,27-29,31,33-40H2,1-2H3,(H2,48,49,50)/b14-12-,26-24-,32-30-/t41-,42?,43?/m1/s1. The fourth-order valence-corrected chi connectivity index (χ4v) is 7.00. The minimum atomic E-state index is -4.77. The monoisotopic (exact) mass is 797 g/mol. The molecule has 0 aromatic carbocycles. The first-order valence-electron chi connectivity index (χ1n) is 22.4. The summed E-state index contributed by atoms with van der Waals surface area (Å²) in [5, 5.41) is 0. The lowest BCUT2D eigenvalue weighted by molar-refractivity contribution is -0.161. The van der Waals surface area contributed by atoms with Crippen molar-refractivity contribution < 1.29 is 42.7 Å². The highest BCUT2D eigenvalue weighted by molar-refractivity contribution is 7.46. The molecule has 1 aliphatic rings. The highest BCUT2D eigenvalue weighted by Gasteiger charge is 2.36. The average Bonchev–Trinajstić information content (AvgIpc) is 3.91. The second-order valence-corrected chi connectivity index (χ2v) is 16.7. The van der Waals surface area contributed by atoms with Gasteiger partial charge in [-0.25, -0.2) is 4.57 Å². The Morgan fingerprint density at radius 1 is 0.582 bits per heavy atom. The fraction of sp³-hybridized carbons (Fsp3) is 0.822. The molecule has 1 aliphatic heterocycles. The average molecular weight is 797 g/mol. The Labute approximate surface area is 336 Å². The third-order valence-corrected chi connectivity index (χ3v) is 10.6. The Balaban J connectivity index is 2.08. The van der Waals surface area contributed by atoms with E-state index in [0.29, 0.717) is 12.8 Å². The number of phosphoric ester groups is 1. The number of epoxide rings is 1. The second kappa shape index (κ2) is 36.6. The van der Waals surface area contributed by atoms with E-state index in [1.165, 1.54) is 122 Å². The van der Waals surface area contributed by atoms with E-state index in [1.807, 2.05) is 0 Å². The van der Waals surface area contributed by atoms with E-state index < -0.39 is 32.5 Å². The van der Waals surface area contributed by atoms with Gasteiger partial charge in [0, 0.05) is 12.8 Å². The molecule has 0 aromatic heterocycles. The van der Waals surface area contributed by atoms with Gasteiger partial charge in [0.25, 0.3) is 0 Å². The molecule has 0 amide bonds. The molecule has 3 atom stereocenters. The maximum absolute atomic E-state index is 12.5. The Morgan fingerprint density at radius 2 is 1.05 bits per heavy atom. The van der Waals surface area contributed by atoms with Crippen LogP contribution in [0.5, 0.6) is 0 Å². The van der Waals surface area contributed by atoms with Crippen molar-refractivity contribution in [3.63, 3.8) is 0 Å². The van der Waals surface area contributed by atoms with Crippen LogP contribution in [0, 0.1) is 0 Å². The van der Waals surface area contributed by atoms with Crippen LogP contribution in [0.15, 0.2) is 36.5 Å². The smallest absolute Gasteiger partial charge is 0.462 e. The lowest BCUT2D eigenvalue weighted by Crippen LogP contribution is -2.29. The summed E-state index contributed by atoms with van der Waals surface area (Å²) in [6, 6.07) is 0. The van der Waals surface area contributed by atoms with Crippen molar-refractivity contribution in [2.75, 3.05) is 13.2 Å². The zero-order chi connectivity index (χ0) is 40.1. The minimum absolute atomic E-state index is 0.139. The molecule has 0 spiro atoms. The molecule has 0 bridgehead atoms. The predicted octanol–water partition coefficient (Wildman–Crippen LogP) is 12.7. The summed E-state index contributed by atoms with van der Waals surface area (Å²) in [7, 11) is -4.77. The predicted molar refractivity (Wildman–Crippen MR) is 225 cm³/mol. The maximum Gasteiger partial charge on any atom is 0.469 e. The number of carbonyl (C=O) groups excluding carboxylic acids is 2. The van der Waals surface area contributed by atoms with E-state index in [-0.39, 0.29) is 31.7 Å². The molecule has 55 heavy (non-hydrogen) atoms. The van der Waals surface area contributed by atoms with Gasteiger partial charge < -0.3 is 24.0 Å². The molecule has 1 rings (SSSR count). The Hall–Kier alpha value is -1.77. The third-order valence-electron chi connectivity index (χ3n) is 10.1. The van der Waals surface area contributed by atoms with Crippen molar-refractivity contribution in [3.05, 3.63) is 36.5 Å². The molecule has 0 aliphatic carbocycles. The van der Waals surface area contributed by atoms with Gasteiger partial charge in [-0.2, -0.15) is 0 Å². The zero-order valence-corrected chi connectivity index (χ0v) is 35.9. The quantitative estimate of drug-likeness (QED) is 0.0204. The first-order chi connectivity index (χ1) is 26.7. The van der Waals surface area contributed by atoms with Gasteiger partial charge in [0.15, 0.2) is 6.10 Å². The van der Waals surface area contributed by atoms with Gasteiger partial charge in [0.2, 0.25) is 0 Å². The van der Waals surface area contributed by atoms with E-state index in [4.69, 9.17) is 24.0 Å². The molecule has 10 heteroatoms. The van der Waals surface area contributed by atoms with Crippen LogP contribution < -0.4 is 0 Å². The van der Waals surface area contributed by atoms with Gasteiger partial charge >= 0.3 is 19.8 Å².